The van der Waals surface area contributed by atoms with Crippen LogP contribution in [0.2, 0.25) is 0 Å². The zero-order chi connectivity index (χ0) is 10.8. The second-order valence-electron chi connectivity index (χ2n) is 2.93. The fraction of sp³-hybridized carbons (Fsp3) is 0.111. The maximum atomic E-state index is 10.7. The molecule has 0 radical (unpaired) electrons. The quantitative estimate of drug-likeness (QED) is 0.545. The second-order valence-corrected chi connectivity index (χ2v) is 2.93. The number of nitrogens with zero attached hydrogens (tertiary/aromatic N) is 4. The van der Waals surface area contributed by atoms with Crippen molar-refractivity contribution in [3.05, 3.63) is 34.6 Å². The van der Waals surface area contributed by atoms with Crippen LogP contribution in [0.5, 0.6) is 0 Å². The molecule has 0 unspecified atom stereocenters. The first-order valence-electron chi connectivity index (χ1n) is 4.19. The van der Waals surface area contributed by atoms with Crippen molar-refractivity contribution in [2.45, 2.75) is 6.54 Å². The van der Waals surface area contributed by atoms with Gasteiger partial charge in [0.1, 0.15) is 6.54 Å². The van der Waals surface area contributed by atoms with Gasteiger partial charge in [0.25, 0.3) is 5.69 Å². The number of aromatic nitrogens is 2. The van der Waals surface area contributed by atoms with Gasteiger partial charge in [-0.25, -0.2) is 4.98 Å². The number of hydrogen-bond acceptors (Lipinski definition) is 4. The van der Waals surface area contributed by atoms with Crippen LogP contribution in [0.15, 0.2) is 24.5 Å². The first-order valence-corrected chi connectivity index (χ1v) is 4.19. The summed E-state index contributed by atoms with van der Waals surface area (Å²) >= 11 is 0. The number of para-hydroxylation sites is 1. The Balaban J connectivity index is 2.70. The van der Waals surface area contributed by atoms with Gasteiger partial charge in [0.15, 0.2) is 5.52 Å². The summed E-state index contributed by atoms with van der Waals surface area (Å²) in [5, 5.41) is 19.2. The van der Waals surface area contributed by atoms with Crippen molar-refractivity contribution < 1.29 is 4.92 Å². The fourth-order valence-corrected chi connectivity index (χ4v) is 1.42. The molecule has 0 saturated carbocycles. The fourth-order valence-electron chi connectivity index (χ4n) is 1.42. The van der Waals surface area contributed by atoms with E-state index in [0.717, 1.165) is 0 Å². The lowest BCUT2D eigenvalue weighted by Crippen LogP contribution is -1.93. The van der Waals surface area contributed by atoms with Gasteiger partial charge in [0.05, 0.1) is 22.8 Å². The minimum atomic E-state index is -0.480. The Bertz CT molecular complexity index is 567. The van der Waals surface area contributed by atoms with Gasteiger partial charge in [-0.1, -0.05) is 6.07 Å². The molecule has 0 fully saturated rings. The molecule has 2 rings (SSSR count). The van der Waals surface area contributed by atoms with Gasteiger partial charge in [0.2, 0.25) is 0 Å². The summed E-state index contributed by atoms with van der Waals surface area (Å²) in [6, 6.07) is 6.64. The maximum absolute atomic E-state index is 10.7. The van der Waals surface area contributed by atoms with Gasteiger partial charge < -0.3 is 4.57 Å². The van der Waals surface area contributed by atoms with Crippen molar-refractivity contribution in [1.29, 1.82) is 5.26 Å². The van der Waals surface area contributed by atoms with Crippen LogP contribution < -0.4 is 0 Å². The largest absolute Gasteiger partial charge is 0.316 e. The Hall–Kier alpha value is -2.42. The molecule has 0 N–H and O–H groups in total. The smallest absolute Gasteiger partial charge is 0.297 e. The third-order valence-corrected chi connectivity index (χ3v) is 2.07. The number of nitro groups is 1. The molecule has 0 spiro atoms. The molecule has 1 heterocycles. The van der Waals surface area contributed by atoms with E-state index in [4.69, 9.17) is 5.26 Å². The van der Waals surface area contributed by atoms with Crippen molar-refractivity contribution in [1.82, 2.24) is 9.55 Å². The first kappa shape index (κ1) is 9.15. The van der Waals surface area contributed by atoms with Crippen LogP contribution in [0.3, 0.4) is 0 Å². The van der Waals surface area contributed by atoms with E-state index in [9.17, 15) is 10.1 Å². The molecular weight excluding hydrogens is 196 g/mol. The van der Waals surface area contributed by atoms with E-state index in [-0.39, 0.29) is 12.2 Å². The lowest BCUT2D eigenvalue weighted by atomic mass is 10.2. The molecule has 0 amide bonds. The van der Waals surface area contributed by atoms with Crippen molar-refractivity contribution in [3.63, 3.8) is 0 Å². The number of non-ortho nitro benzene ring substituents is 1. The number of hydrogen-bond donors (Lipinski definition) is 0. The summed E-state index contributed by atoms with van der Waals surface area (Å²) in [6.45, 7) is 0.137. The van der Waals surface area contributed by atoms with Crippen LogP contribution in [-0.2, 0) is 6.54 Å². The van der Waals surface area contributed by atoms with E-state index >= 15 is 0 Å². The number of benzene rings is 1. The lowest BCUT2D eigenvalue weighted by molar-refractivity contribution is -0.383. The van der Waals surface area contributed by atoms with Gasteiger partial charge in [0, 0.05) is 6.07 Å². The van der Waals surface area contributed by atoms with Crippen LogP contribution >= 0.6 is 0 Å². The van der Waals surface area contributed by atoms with Gasteiger partial charge in [-0.3, -0.25) is 10.1 Å². The summed E-state index contributed by atoms with van der Waals surface area (Å²) in [7, 11) is 0. The summed E-state index contributed by atoms with van der Waals surface area (Å²) in [6.07, 6.45) is 1.43. The highest BCUT2D eigenvalue weighted by Gasteiger charge is 2.14. The SMILES string of the molecule is N#CCn1cnc2c([N+](=O)[O-])cccc21. The van der Waals surface area contributed by atoms with Crippen molar-refractivity contribution in [2.75, 3.05) is 0 Å². The monoisotopic (exact) mass is 202 g/mol. The Morgan fingerprint density at radius 1 is 1.60 bits per heavy atom. The molecular formula is C9H6N4O2. The van der Waals surface area contributed by atoms with Crippen LogP contribution in [-0.4, -0.2) is 14.5 Å². The second kappa shape index (κ2) is 3.38. The molecule has 0 aliphatic heterocycles. The normalized spacial score (nSPS) is 10.1. The number of nitriles is 1. The molecule has 0 aliphatic carbocycles. The van der Waals surface area contributed by atoms with Crippen LogP contribution in [0.1, 0.15) is 0 Å². The molecule has 2 aromatic rings. The van der Waals surface area contributed by atoms with E-state index in [0.29, 0.717) is 11.0 Å². The zero-order valence-corrected chi connectivity index (χ0v) is 7.62. The minimum Gasteiger partial charge on any atom is -0.316 e. The highest BCUT2D eigenvalue weighted by molar-refractivity contribution is 5.84. The molecule has 0 saturated heterocycles. The van der Waals surface area contributed by atoms with Gasteiger partial charge >= 0.3 is 0 Å². The molecule has 6 heteroatoms. The average Bonchev–Trinajstić information content (AvgIpc) is 2.62. The third kappa shape index (κ3) is 1.40. The molecule has 0 atom stereocenters. The molecule has 1 aromatic heterocycles. The van der Waals surface area contributed by atoms with Crippen LogP contribution in [0.4, 0.5) is 5.69 Å². The lowest BCUT2D eigenvalue weighted by Gasteiger charge is -1.96. The first-order chi connectivity index (χ1) is 7.24. The van der Waals surface area contributed by atoms with Gasteiger partial charge in [-0.2, -0.15) is 5.26 Å². The van der Waals surface area contributed by atoms with E-state index in [1.807, 2.05) is 6.07 Å². The Morgan fingerprint density at radius 2 is 2.40 bits per heavy atom. The Labute approximate surface area is 84.5 Å². The van der Waals surface area contributed by atoms with E-state index in [1.165, 1.54) is 12.4 Å². The van der Waals surface area contributed by atoms with E-state index in [2.05, 4.69) is 4.98 Å². The summed E-state index contributed by atoms with van der Waals surface area (Å²) < 4.78 is 1.57. The maximum Gasteiger partial charge on any atom is 0.297 e. The number of nitro benzene ring substituents is 1. The minimum absolute atomic E-state index is 0.0378. The molecule has 0 bridgehead atoms. The summed E-state index contributed by atoms with van der Waals surface area (Å²) in [4.78, 5) is 14.1. The van der Waals surface area contributed by atoms with Crippen molar-refractivity contribution in [2.24, 2.45) is 0 Å². The van der Waals surface area contributed by atoms with Gasteiger partial charge in [-0.05, 0) is 6.07 Å². The number of imidazole rings is 1. The Morgan fingerprint density at radius 3 is 3.07 bits per heavy atom. The standard InChI is InChI=1S/C9H6N4O2/c10-4-5-12-6-11-9-7(12)2-1-3-8(9)13(14)15/h1-3,6H,5H2. The molecule has 6 nitrogen and oxygen atoms in total. The van der Waals surface area contributed by atoms with Crippen molar-refractivity contribution >= 4 is 16.7 Å². The number of rotatable bonds is 2. The average molecular weight is 202 g/mol. The topological polar surface area (TPSA) is 84.8 Å². The van der Waals surface area contributed by atoms with Crippen LogP contribution in [0.25, 0.3) is 11.0 Å². The third-order valence-electron chi connectivity index (χ3n) is 2.07. The predicted molar refractivity (Wildman–Crippen MR) is 52.0 cm³/mol. The van der Waals surface area contributed by atoms with Gasteiger partial charge in [-0.15, -0.1) is 0 Å². The van der Waals surface area contributed by atoms with E-state index < -0.39 is 4.92 Å². The Kier molecular flexibility index (Phi) is 2.06. The number of fused-ring (bicyclic) bond motifs is 1. The zero-order valence-electron chi connectivity index (χ0n) is 7.62. The molecule has 15 heavy (non-hydrogen) atoms. The summed E-state index contributed by atoms with van der Waals surface area (Å²) in [5.74, 6) is 0. The molecule has 74 valence electrons. The predicted octanol–water partition coefficient (Wildman–Crippen LogP) is 1.47. The van der Waals surface area contributed by atoms with Crippen LogP contribution in [0, 0.1) is 21.4 Å². The van der Waals surface area contributed by atoms with E-state index in [1.54, 1.807) is 16.7 Å². The molecule has 0 aliphatic rings. The van der Waals surface area contributed by atoms with Crippen molar-refractivity contribution in [3.8, 4) is 6.07 Å². The summed E-state index contributed by atoms with van der Waals surface area (Å²) in [5.41, 5.74) is 0.882. The highest BCUT2D eigenvalue weighted by atomic mass is 16.6. The molecule has 1 aromatic carbocycles. The highest BCUT2D eigenvalue weighted by Crippen LogP contribution is 2.23.